The van der Waals surface area contributed by atoms with E-state index in [1.165, 1.54) is 30.5 Å². The molecule has 5 aliphatic rings. The van der Waals surface area contributed by atoms with E-state index in [0.717, 1.165) is 25.3 Å². The fourth-order valence-electron chi connectivity index (χ4n) is 5.99. The van der Waals surface area contributed by atoms with Crippen LogP contribution in [-0.4, -0.2) is 46.5 Å². The van der Waals surface area contributed by atoms with E-state index in [1.807, 2.05) is 6.08 Å². The molecule has 2 fully saturated rings. The second kappa shape index (κ2) is 4.36. The Morgan fingerprint density at radius 2 is 2.12 bits per heavy atom. The zero-order chi connectivity index (χ0) is 16.1. The third-order valence-electron chi connectivity index (χ3n) is 7.18. The number of ether oxygens (including phenoxy) is 1. The number of aliphatic hydroxyl groups excluding tert-OH is 1. The van der Waals surface area contributed by atoms with Crippen molar-refractivity contribution in [3.63, 3.8) is 0 Å². The van der Waals surface area contributed by atoms with Crippen LogP contribution in [0.2, 0.25) is 0 Å². The molecular weight excluding hydrogens is 302 g/mol. The van der Waals surface area contributed by atoms with Gasteiger partial charge in [0.25, 0.3) is 0 Å². The van der Waals surface area contributed by atoms with Crippen LogP contribution < -0.4 is 4.74 Å². The fraction of sp³-hybridized carbons (Fsp3) is 0.600. The second-order valence-electron chi connectivity index (χ2n) is 8.39. The standard InChI is InChI=1S/C20H23NO3/c22-15-5-3-12-9-14-13-4-6-16(23)19-20(13,17(12)18(15)24-19)7-8-21(14)10-11-1-2-11/h3-6,11,13-14,16,19,22-23H,1-2,7-10H2/t13-,14+,16-,19-,20-/m0/s1. The van der Waals surface area contributed by atoms with Crippen LogP contribution in [0.4, 0.5) is 0 Å². The number of phenols is 1. The number of rotatable bonds is 2. The van der Waals surface area contributed by atoms with Crippen LogP contribution in [0, 0.1) is 11.8 Å². The summed E-state index contributed by atoms with van der Waals surface area (Å²) in [4.78, 5) is 2.69. The molecule has 4 nitrogen and oxygen atoms in total. The Balaban J connectivity index is 1.54. The SMILES string of the molecule is Oc1ccc2c3c1O[C@H]1[C@@H](O)C=C[C@H]4[C@@H](C2)N(CC2CC2)CC[C@@]341. The minimum Gasteiger partial charge on any atom is -0.504 e. The minimum absolute atomic E-state index is 0.152. The summed E-state index contributed by atoms with van der Waals surface area (Å²) in [6.45, 7) is 2.30. The number of likely N-dealkylation sites (tertiary alicyclic amines) is 1. The van der Waals surface area contributed by atoms with Gasteiger partial charge in [0.2, 0.25) is 0 Å². The van der Waals surface area contributed by atoms with Crippen LogP contribution >= 0.6 is 0 Å². The molecule has 2 N–H and O–H groups in total. The van der Waals surface area contributed by atoms with Crippen LogP contribution in [0.5, 0.6) is 11.5 Å². The first-order valence-corrected chi connectivity index (χ1v) is 9.31. The first-order valence-electron chi connectivity index (χ1n) is 9.31. The summed E-state index contributed by atoms with van der Waals surface area (Å²) in [6.07, 6.45) is 8.14. The Morgan fingerprint density at radius 1 is 1.25 bits per heavy atom. The Morgan fingerprint density at radius 3 is 2.96 bits per heavy atom. The molecule has 0 amide bonds. The van der Waals surface area contributed by atoms with Crippen molar-refractivity contribution in [2.45, 2.75) is 49.3 Å². The molecule has 1 aromatic carbocycles. The number of piperidine rings is 1. The molecule has 0 radical (unpaired) electrons. The number of aromatic hydroxyl groups is 1. The summed E-state index contributed by atoms with van der Waals surface area (Å²) in [5.74, 6) is 2.14. The third kappa shape index (κ3) is 1.52. The Labute approximate surface area is 141 Å². The number of nitrogens with zero attached hydrogens (tertiary/aromatic N) is 1. The van der Waals surface area contributed by atoms with Gasteiger partial charge in [-0.3, -0.25) is 4.90 Å². The van der Waals surface area contributed by atoms with Crippen molar-refractivity contribution in [3.05, 3.63) is 35.4 Å². The van der Waals surface area contributed by atoms with Crippen LogP contribution in [0.25, 0.3) is 0 Å². The molecule has 1 saturated heterocycles. The van der Waals surface area contributed by atoms with E-state index in [2.05, 4.69) is 17.0 Å². The lowest BCUT2D eigenvalue weighted by atomic mass is 9.53. The summed E-state index contributed by atoms with van der Waals surface area (Å²) in [5, 5.41) is 20.9. The summed E-state index contributed by atoms with van der Waals surface area (Å²) in [5.41, 5.74) is 2.36. The van der Waals surface area contributed by atoms with Crippen molar-refractivity contribution >= 4 is 0 Å². The Bertz CT molecular complexity index is 755. The van der Waals surface area contributed by atoms with Crippen molar-refractivity contribution in [1.29, 1.82) is 0 Å². The summed E-state index contributed by atoms with van der Waals surface area (Å²) >= 11 is 0. The molecule has 2 bridgehead atoms. The summed E-state index contributed by atoms with van der Waals surface area (Å²) in [6, 6.07) is 4.34. The number of phenolic OH excluding ortho intramolecular Hbond substituents is 1. The molecule has 2 heterocycles. The Kier molecular flexibility index (Phi) is 2.49. The van der Waals surface area contributed by atoms with Gasteiger partial charge in [0.05, 0.1) is 0 Å². The smallest absolute Gasteiger partial charge is 0.165 e. The molecule has 6 rings (SSSR count). The monoisotopic (exact) mass is 325 g/mol. The van der Waals surface area contributed by atoms with E-state index in [9.17, 15) is 10.2 Å². The molecular formula is C20H23NO3. The van der Waals surface area contributed by atoms with Crippen LogP contribution in [0.3, 0.4) is 0 Å². The molecule has 1 spiro atoms. The molecule has 1 aromatic rings. The molecule has 126 valence electrons. The van der Waals surface area contributed by atoms with Gasteiger partial charge in [-0.05, 0) is 49.8 Å². The molecule has 0 unspecified atom stereocenters. The molecule has 5 atom stereocenters. The van der Waals surface area contributed by atoms with Gasteiger partial charge in [0.15, 0.2) is 11.5 Å². The average Bonchev–Trinajstić information content (AvgIpc) is 3.32. The highest BCUT2D eigenvalue weighted by Gasteiger charge is 2.64. The molecule has 0 aromatic heterocycles. The fourth-order valence-corrected chi connectivity index (χ4v) is 5.99. The number of benzene rings is 1. The summed E-state index contributed by atoms with van der Waals surface area (Å²) in [7, 11) is 0. The highest BCUT2D eigenvalue weighted by Crippen LogP contribution is 2.62. The zero-order valence-electron chi connectivity index (χ0n) is 13.7. The molecule has 24 heavy (non-hydrogen) atoms. The van der Waals surface area contributed by atoms with Crippen LogP contribution in [-0.2, 0) is 11.8 Å². The molecule has 3 aliphatic carbocycles. The Hall–Kier alpha value is -1.52. The van der Waals surface area contributed by atoms with E-state index < -0.39 is 6.10 Å². The van der Waals surface area contributed by atoms with Gasteiger partial charge in [-0.1, -0.05) is 18.2 Å². The highest BCUT2D eigenvalue weighted by molar-refractivity contribution is 5.61. The molecule has 1 saturated carbocycles. The van der Waals surface area contributed by atoms with Gasteiger partial charge < -0.3 is 14.9 Å². The van der Waals surface area contributed by atoms with Crippen molar-refractivity contribution in [1.82, 2.24) is 4.90 Å². The summed E-state index contributed by atoms with van der Waals surface area (Å²) < 4.78 is 6.18. The van der Waals surface area contributed by atoms with Crippen molar-refractivity contribution in [3.8, 4) is 11.5 Å². The second-order valence-corrected chi connectivity index (χ2v) is 8.39. The maximum Gasteiger partial charge on any atom is 0.165 e. The van der Waals surface area contributed by atoms with Gasteiger partial charge in [0, 0.05) is 29.5 Å². The minimum atomic E-state index is -0.588. The van der Waals surface area contributed by atoms with Crippen LogP contribution in [0.1, 0.15) is 30.4 Å². The first-order chi connectivity index (χ1) is 11.7. The average molecular weight is 325 g/mol. The van der Waals surface area contributed by atoms with E-state index in [0.29, 0.717) is 17.7 Å². The predicted octanol–water partition coefficient (Wildman–Crippen LogP) is 1.98. The normalized spacial score (nSPS) is 41.9. The predicted molar refractivity (Wildman–Crippen MR) is 89.2 cm³/mol. The van der Waals surface area contributed by atoms with E-state index >= 15 is 0 Å². The van der Waals surface area contributed by atoms with E-state index in [1.54, 1.807) is 6.07 Å². The topological polar surface area (TPSA) is 52.9 Å². The van der Waals surface area contributed by atoms with Crippen molar-refractivity contribution in [2.75, 3.05) is 13.1 Å². The van der Waals surface area contributed by atoms with Crippen molar-refractivity contribution < 1.29 is 14.9 Å². The molecule has 2 aliphatic heterocycles. The van der Waals surface area contributed by atoms with Crippen molar-refractivity contribution in [2.24, 2.45) is 11.8 Å². The number of hydrogen-bond donors (Lipinski definition) is 2. The van der Waals surface area contributed by atoms with Gasteiger partial charge in [-0.25, -0.2) is 0 Å². The maximum atomic E-state index is 10.6. The van der Waals surface area contributed by atoms with E-state index in [-0.39, 0.29) is 17.3 Å². The zero-order valence-corrected chi connectivity index (χ0v) is 13.7. The van der Waals surface area contributed by atoms with Gasteiger partial charge in [-0.2, -0.15) is 0 Å². The van der Waals surface area contributed by atoms with Gasteiger partial charge >= 0.3 is 0 Å². The lowest BCUT2D eigenvalue weighted by molar-refractivity contribution is -0.0525. The first kappa shape index (κ1) is 13.7. The van der Waals surface area contributed by atoms with Gasteiger partial charge in [0.1, 0.15) is 12.2 Å². The van der Waals surface area contributed by atoms with Gasteiger partial charge in [-0.15, -0.1) is 0 Å². The maximum absolute atomic E-state index is 10.6. The lowest BCUT2D eigenvalue weighted by Gasteiger charge is -2.57. The number of aliphatic hydroxyl groups is 1. The highest BCUT2D eigenvalue weighted by atomic mass is 16.5. The quantitative estimate of drug-likeness (QED) is 0.817. The largest absolute Gasteiger partial charge is 0.504 e. The lowest BCUT2D eigenvalue weighted by Crippen LogP contribution is -2.65. The molecule has 4 heteroatoms. The van der Waals surface area contributed by atoms with Crippen LogP contribution in [0.15, 0.2) is 24.3 Å². The number of hydrogen-bond acceptors (Lipinski definition) is 4. The van der Waals surface area contributed by atoms with E-state index in [4.69, 9.17) is 4.74 Å². The third-order valence-corrected chi connectivity index (χ3v) is 7.18.